The van der Waals surface area contributed by atoms with Gasteiger partial charge in [0.05, 0.1) is 28.8 Å². The van der Waals surface area contributed by atoms with E-state index in [1.165, 1.54) is 10.6 Å². The summed E-state index contributed by atoms with van der Waals surface area (Å²) in [6, 6.07) is 16.4. The molecular weight excluding hydrogens is 493 g/mol. The lowest BCUT2D eigenvalue weighted by molar-refractivity contribution is -0.137. The van der Waals surface area contributed by atoms with E-state index in [0.29, 0.717) is 11.1 Å². The number of amides is 1. The van der Waals surface area contributed by atoms with Crippen molar-refractivity contribution in [2.24, 2.45) is 5.10 Å². The molecule has 0 radical (unpaired) electrons. The number of halogens is 3. The normalized spacial score (nSPS) is 12.4. The Bertz CT molecular complexity index is 1710. The van der Waals surface area contributed by atoms with Crippen LogP contribution in [0.15, 0.2) is 72.0 Å². The first-order valence-electron chi connectivity index (χ1n) is 11.9. The van der Waals surface area contributed by atoms with Crippen LogP contribution in [0.1, 0.15) is 34.7 Å². The van der Waals surface area contributed by atoms with Crippen LogP contribution in [0.25, 0.3) is 27.5 Å². The molecule has 5 aromatic rings. The Morgan fingerprint density at radius 2 is 1.74 bits per heavy atom. The molecule has 0 aliphatic rings. The number of hydrogen-bond acceptors (Lipinski definition) is 3. The fourth-order valence-electron chi connectivity index (χ4n) is 4.84. The monoisotopic (exact) mass is 518 g/mol. The van der Waals surface area contributed by atoms with E-state index in [1.54, 1.807) is 25.3 Å². The summed E-state index contributed by atoms with van der Waals surface area (Å²) in [6.07, 6.45) is -2.71. The average Bonchev–Trinajstić information content (AvgIpc) is 3.38. The zero-order valence-electron chi connectivity index (χ0n) is 20.9. The molecule has 2 heterocycles. The first-order valence-corrected chi connectivity index (χ1v) is 11.9. The number of benzene rings is 3. The number of H-pyrrole nitrogens is 1. The number of hydrazone groups is 1. The molecule has 0 unspecified atom stereocenters. The van der Waals surface area contributed by atoms with Gasteiger partial charge in [0.15, 0.2) is 0 Å². The minimum atomic E-state index is -4.55. The van der Waals surface area contributed by atoms with Crippen molar-refractivity contribution in [1.82, 2.24) is 15.0 Å². The minimum absolute atomic E-state index is 0.0754. The Morgan fingerprint density at radius 3 is 2.45 bits per heavy atom. The van der Waals surface area contributed by atoms with E-state index in [1.807, 2.05) is 44.2 Å². The lowest BCUT2D eigenvalue weighted by atomic mass is 10.1. The zero-order valence-corrected chi connectivity index (χ0v) is 20.9. The smallest absolute Gasteiger partial charge is 0.416 e. The Balaban J connectivity index is 1.54. The van der Waals surface area contributed by atoms with Crippen molar-refractivity contribution in [1.29, 1.82) is 0 Å². The Labute approximate surface area is 216 Å². The maximum Gasteiger partial charge on any atom is 0.416 e. The largest absolute Gasteiger partial charge is 0.494 e. The summed E-state index contributed by atoms with van der Waals surface area (Å²) in [5.74, 6) is -0.637. The fourth-order valence-corrected chi connectivity index (χ4v) is 4.84. The minimum Gasteiger partial charge on any atom is -0.494 e. The number of para-hydroxylation sites is 1. The van der Waals surface area contributed by atoms with E-state index in [0.717, 1.165) is 39.7 Å². The van der Waals surface area contributed by atoms with Crippen LogP contribution in [0.5, 0.6) is 5.88 Å². The van der Waals surface area contributed by atoms with Crippen LogP contribution in [0, 0.1) is 13.8 Å². The zero-order chi connectivity index (χ0) is 27.2. The summed E-state index contributed by atoms with van der Waals surface area (Å²) in [5.41, 5.74) is 6.37. The number of aromatic nitrogens is 2. The number of hydrogen-bond donors (Lipinski definition) is 3. The molecular formula is C29H25F3N4O2. The van der Waals surface area contributed by atoms with Crippen molar-refractivity contribution in [2.75, 3.05) is 0 Å². The molecule has 0 spiro atoms. The second-order valence-corrected chi connectivity index (χ2v) is 9.38. The highest BCUT2D eigenvalue weighted by Crippen LogP contribution is 2.39. The second-order valence-electron chi connectivity index (χ2n) is 9.38. The molecule has 38 heavy (non-hydrogen) atoms. The van der Waals surface area contributed by atoms with Gasteiger partial charge in [0.1, 0.15) is 0 Å². The Morgan fingerprint density at radius 1 is 1.03 bits per heavy atom. The van der Waals surface area contributed by atoms with Gasteiger partial charge in [-0.15, -0.1) is 0 Å². The predicted octanol–water partition coefficient (Wildman–Crippen LogP) is 6.54. The SMILES string of the molecule is CC(=NNC(=O)Cc1c[nH]c2ccccc12)c1c(O)n(-c2cc(C)cc(C)c2)c2cc(C(F)(F)F)ccc12. The third kappa shape index (κ3) is 4.63. The first-order chi connectivity index (χ1) is 18.0. The van der Waals surface area contributed by atoms with Crippen molar-refractivity contribution < 1.29 is 23.1 Å². The van der Waals surface area contributed by atoms with Gasteiger partial charge in [-0.05, 0) is 67.8 Å². The van der Waals surface area contributed by atoms with Gasteiger partial charge in [0.25, 0.3) is 0 Å². The van der Waals surface area contributed by atoms with E-state index >= 15 is 0 Å². The molecule has 0 aliphatic heterocycles. The molecule has 0 bridgehead atoms. The molecule has 9 heteroatoms. The van der Waals surface area contributed by atoms with Crippen molar-refractivity contribution in [2.45, 2.75) is 33.4 Å². The molecule has 6 nitrogen and oxygen atoms in total. The van der Waals surface area contributed by atoms with E-state index < -0.39 is 11.7 Å². The van der Waals surface area contributed by atoms with Gasteiger partial charge in [-0.25, -0.2) is 5.43 Å². The van der Waals surface area contributed by atoms with Crippen molar-refractivity contribution >= 4 is 33.4 Å². The fraction of sp³-hybridized carbons (Fsp3) is 0.172. The van der Waals surface area contributed by atoms with Crippen LogP contribution in [-0.4, -0.2) is 26.3 Å². The van der Waals surface area contributed by atoms with E-state index in [4.69, 9.17) is 0 Å². The number of aromatic hydroxyl groups is 1. The summed E-state index contributed by atoms with van der Waals surface area (Å²) in [5, 5.41) is 16.8. The van der Waals surface area contributed by atoms with Gasteiger partial charge in [0.2, 0.25) is 11.8 Å². The number of aryl methyl sites for hydroxylation is 2. The van der Waals surface area contributed by atoms with E-state index in [-0.39, 0.29) is 35.0 Å². The van der Waals surface area contributed by atoms with Gasteiger partial charge in [-0.2, -0.15) is 18.3 Å². The number of nitrogens with zero attached hydrogens (tertiary/aromatic N) is 2. The van der Waals surface area contributed by atoms with Crippen LogP contribution in [0.2, 0.25) is 0 Å². The number of carbonyl (C=O) groups is 1. The Hall–Kier alpha value is -4.53. The third-order valence-corrected chi connectivity index (χ3v) is 6.47. The summed E-state index contributed by atoms with van der Waals surface area (Å²) in [4.78, 5) is 15.8. The highest BCUT2D eigenvalue weighted by atomic mass is 19.4. The Kier molecular flexibility index (Phi) is 6.22. The number of carbonyl (C=O) groups excluding carboxylic acids is 1. The molecule has 3 N–H and O–H groups in total. The molecule has 0 saturated carbocycles. The molecule has 1 amide bonds. The topological polar surface area (TPSA) is 82.4 Å². The maximum atomic E-state index is 13.6. The molecule has 5 rings (SSSR count). The van der Waals surface area contributed by atoms with Crippen molar-refractivity contribution in [3.63, 3.8) is 0 Å². The highest BCUT2D eigenvalue weighted by Gasteiger charge is 2.32. The molecule has 0 atom stereocenters. The molecule has 3 aromatic carbocycles. The van der Waals surface area contributed by atoms with E-state index in [2.05, 4.69) is 15.5 Å². The number of alkyl halides is 3. The van der Waals surface area contributed by atoms with Crippen molar-refractivity contribution in [3.05, 3.63) is 94.7 Å². The number of rotatable bonds is 5. The molecule has 2 aromatic heterocycles. The summed E-state index contributed by atoms with van der Waals surface area (Å²) < 4.78 is 42.1. The van der Waals surface area contributed by atoms with Crippen LogP contribution in [-0.2, 0) is 17.4 Å². The molecule has 194 valence electrons. The van der Waals surface area contributed by atoms with Crippen LogP contribution < -0.4 is 5.43 Å². The van der Waals surface area contributed by atoms with Crippen molar-refractivity contribution in [3.8, 4) is 11.6 Å². The second kappa shape index (κ2) is 9.41. The highest BCUT2D eigenvalue weighted by molar-refractivity contribution is 6.13. The third-order valence-electron chi connectivity index (χ3n) is 6.47. The summed E-state index contributed by atoms with van der Waals surface area (Å²) in [7, 11) is 0. The van der Waals surface area contributed by atoms with Crippen LogP contribution >= 0.6 is 0 Å². The average molecular weight is 519 g/mol. The summed E-state index contributed by atoms with van der Waals surface area (Å²) in [6.45, 7) is 5.33. The number of nitrogens with one attached hydrogen (secondary N) is 2. The van der Waals surface area contributed by atoms with Gasteiger partial charge < -0.3 is 10.1 Å². The maximum absolute atomic E-state index is 13.6. The standard InChI is InChI=1S/C29H25F3N4O2/c1-16-10-17(2)12-21(11-16)36-25-14-20(29(30,31)32)8-9-23(25)27(28(36)38)18(3)34-35-26(37)13-19-15-33-24-7-5-4-6-22(19)24/h4-12,14-15,33,38H,13H2,1-3H3,(H,35,37). The number of fused-ring (bicyclic) bond motifs is 2. The lowest BCUT2D eigenvalue weighted by Gasteiger charge is -2.11. The molecule has 0 fully saturated rings. The van der Waals surface area contributed by atoms with E-state index in [9.17, 15) is 23.1 Å². The molecule has 0 saturated heterocycles. The van der Waals surface area contributed by atoms with Crippen LogP contribution in [0.3, 0.4) is 0 Å². The van der Waals surface area contributed by atoms with Gasteiger partial charge in [-0.3, -0.25) is 9.36 Å². The van der Waals surface area contributed by atoms with Gasteiger partial charge in [-0.1, -0.05) is 30.3 Å². The van der Waals surface area contributed by atoms with Gasteiger partial charge in [0, 0.05) is 28.2 Å². The molecule has 0 aliphatic carbocycles. The summed E-state index contributed by atoms with van der Waals surface area (Å²) >= 11 is 0. The lowest BCUT2D eigenvalue weighted by Crippen LogP contribution is -2.21. The predicted molar refractivity (Wildman–Crippen MR) is 142 cm³/mol. The first kappa shape index (κ1) is 25.1. The number of aromatic amines is 1. The van der Waals surface area contributed by atoms with Crippen LogP contribution in [0.4, 0.5) is 13.2 Å². The van der Waals surface area contributed by atoms with Gasteiger partial charge >= 0.3 is 6.18 Å². The quantitative estimate of drug-likeness (QED) is 0.183.